The van der Waals surface area contributed by atoms with Crippen LogP contribution >= 0.6 is 11.8 Å². The number of amides is 1. The van der Waals surface area contributed by atoms with Crippen LogP contribution in [0.3, 0.4) is 0 Å². The Balaban J connectivity index is 1.60. The lowest BCUT2D eigenvalue weighted by molar-refractivity contribution is -0.113. The van der Waals surface area contributed by atoms with Crippen LogP contribution < -0.4 is 5.32 Å². The van der Waals surface area contributed by atoms with Crippen LogP contribution in [0.2, 0.25) is 0 Å². The summed E-state index contributed by atoms with van der Waals surface area (Å²) in [6.07, 6.45) is 0. The molecule has 0 radical (unpaired) electrons. The summed E-state index contributed by atoms with van der Waals surface area (Å²) in [7, 11) is 0. The Kier molecular flexibility index (Phi) is 6.08. The molecule has 0 aliphatic heterocycles. The molecule has 156 valence electrons. The summed E-state index contributed by atoms with van der Waals surface area (Å²) >= 11 is 1.13. The second kappa shape index (κ2) is 9.09. The largest absolute Gasteiger partial charge is 0.323 e. The van der Waals surface area contributed by atoms with Gasteiger partial charge in [0.05, 0.1) is 17.0 Å². The third-order valence-electron chi connectivity index (χ3n) is 4.49. The normalized spacial score (nSPS) is 10.8. The molecule has 4 rings (SSSR count). The number of halogens is 2. The van der Waals surface area contributed by atoms with E-state index in [2.05, 4.69) is 15.5 Å². The fourth-order valence-electron chi connectivity index (χ4n) is 3.03. The SMILES string of the molecule is Cc1ccc(NC(=O)CSc2nnc(-c3ccccc3F)n2-c2ccccc2)c(F)c1. The predicted octanol–water partition coefficient (Wildman–Crippen LogP) is 5.25. The number of thioether (sulfide) groups is 1. The van der Waals surface area contributed by atoms with Crippen LogP contribution in [-0.2, 0) is 4.79 Å². The Morgan fingerprint density at radius 2 is 1.71 bits per heavy atom. The lowest BCUT2D eigenvalue weighted by Crippen LogP contribution is -2.15. The lowest BCUT2D eigenvalue weighted by Gasteiger charge is -2.11. The smallest absolute Gasteiger partial charge is 0.234 e. The van der Waals surface area contributed by atoms with E-state index in [0.29, 0.717) is 16.5 Å². The second-order valence-electron chi connectivity index (χ2n) is 6.78. The van der Waals surface area contributed by atoms with Gasteiger partial charge in [0.1, 0.15) is 11.6 Å². The summed E-state index contributed by atoms with van der Waals surface area (Å²) in [6, 6.07) is 20.2. The number of hydrogen-bond acceptors (Lipinski definition) is 4. The van der Waals surface area contributed by atoms with Gasteiger partial charge >= 0.3 is 0 Å². The Morgan fingerprint density at radius 1 is 0.968 bits per heavy atom. The van der Waals surface area contributed by atoms with Gasteiger partial charge in [-0.25, -0.2) is 8.78 Å². The van der Waals surface area contributed by atoms with Crippen LogP contribution in [0.1, 0.15) is 5.56 Å². The molecule has 4 aromatic rings. The molecule has 5 nitrogen and oxygen atoms in total. The van der Waals surface area contributed by atoms with Gasteiger partial charge < -0.3 is 5.32 Å². The van der Waals surface area contributed by atoms with Gasteiger partial charge in [0.2, 0.25) is 5.91 Å². The molecule has 0 bridgehead atoms. The van der Waals surface area contributed by atoms with Gasteiger partial charge in [-0.15, -0.1) is 10.2 Å². The highest BCUT2D eigenvalue weighted by Gasteiger charge is 2.19. The summed E-state index contributed by atoms with van der Waals surface area (Å²) in [5, 5.41) is 11.3. The van der Waals surface area contributed by atoms with Crippen molar-refractivity contribution in [3.05, 3.63) is 90.0 Å². The first kappa shape index (κ1) is 20.7. The van der Waals surface area contributed by atoms with Crippen LogP contribution in [0.25, 0.3) is 17.1 Å². The summed E-state index contributed by atoms with van der Waals surface area (Å²) in [4.78, 5) is 12.4. The van der Waals surface area contributed by atoms with Crippen LogP contribution in [0, 0.1) is 18.6 Å². The third kappa shape index (κ3) is 4.64. The molecule has 0 saturated heterocycles. The maximum atomic E-state index is 14.4. The maximum Gasteiger partial charge on any atom is 0.234 e. The van der Waals surface area contributed by atoms with Crippen molar-refractivity contribution >= 4 is 23.4 Å². The number of anilines is 1. The molecule has 1 aromatic heterocycles. The fourth-order valence-corrected chi connectivity index (χ4v) is 3.78. The minimum absolute atomic E-state index is 0.0183. The number of aromatic nitrogens is 3. The second-order valence-corrected chi connectivity index (χ2v) is 7.72. The molecule has 0 aliphatic carbocycles. The van der Waals surface area contributed by atoms with Crippen LogP contribution in [-0.4, -0.2) is 26.4 Å². The molecule has 1 amide bonds. The van der Waals surface area contributed by atoms with Gasteiger partial charge in [-0.05, 0) is 48.9 Å². The first-order valence-corrected chi connectivity index (χ1v) is 10.5. The van der Waals surface area contributed by atoms with Gasteiger partial charge in [-0.3, -0.25) is 9.36 Å². The van der Waals surface area contributed by atoms with Crippen molar-refractivity contribution in [3.8, 4) is 17.1 Å². The summed E-state index contributed by atoms with van der Waals surface area (Å²) in [5.74, 6) is -0.987. The van der Waals surface area contributed by atoms with Crippen molar-refractivity contribution in [1.29, 1.82) is 0 Å². The number of nitrogens with zero attached hydrogens (tertiary/aromatic N) is 3. The highest BCUT2D eigenvalue weighted by atomic mass is 32.2. The minimum atomic E-state index is -0.493. The van der Waals surface area contributed by atoms with E-state index >= 15 is 0 Å². The molecule has 0 unspecified atom stereocenters. The first-order valence-electron chi connectivity index (χ1n) is 9.47. The van der Waals surface area contributed by atoms with E-state index in [4.69, 9.17) is 0 Å². The molecule has 0 aliphatic rings. The molecule has 8 heteroatoms. The number of aryl methyl sites for hydroxylation is 1. The zero-order valence-electron chi connectivity index (χ0n) is 16.5. The van der Waals surface area contributed by atoms with Crippen molar-refractivity contribution in [3.63, 3.8) is 0 Å². The zero-order chi connectivity index (χ0) is 21.8. The molecule has 0 atom stereocenters. The van der Waals surface area contributed by atoms with E-state index in [1.807, 2.05) is 30.3 Å². The standard InChI is InChI=1S/C23H18F2N4OS/c1-15-11-12-20(19(25)13-15)26-21(30)14-31-23-28-27-22(17-9-5-6-10-18(17)24)29(23)16-7-3-2-4-8-16/h2-13H,14H2,1H3,(H,26,30). The monoisotopic (exact) mass is 436 g/mol. The van der Waals surface area contributed by atoms with Crippen molar-refractivity contribution in [2.75, 3.05) is 11.1 Å². The topological polar surface area (TPSA) is 59.8 Å². The summed E-state index contributed by atoms with van der Waals surface area (Å²) in [5.41, 5.74) is 1.92. The number of hydrogen-bond donors (Lipinski definition) is 1. The molecule has 1 heterocycles. The van der Waals surface area contributed by atoms with Crippen LogP contribution in [0.15, 0.2) is 78.0 Å². The third-order valence-corrected chi connectivity index (χ3v) is 5.42. The Hall–Kier alpha value is -3.52. The number of para-hydroxylation sites is 1. The number of benzene rings is 3. The summed E-state index contributed by atoms with van der Waals surface area (Å²) < 4.78 is 30.1. The Labute approximate surface area is 182 Å². The van der Waals surface area contributed by atoms with E-state index in [1.165, 1.54) is 18.2 Å². The quantitative estimate of drug-likeness (QED) is 0.419. The van der Waals surface area contributed by atoms with E-state index in [9.17, 15) is 13.6 Å². The van der Waals surface area contributed by atoms with E-state index < -0.39 is 11.6 Å². The predicted molar refractivity (Wildman–Crippen MR) is 117 cm³/mol. The van der Waals surface area contributed by atoms with Crippen molar-refractivity contribution in [1.82, 2.24) is 14.8 Å². The van der Waals surface area contributed by atoms with Crippen LogP contribution in [0.4, 0.5) is 14.5 Å². The molecule has 1 N–H and O–H groups in total. The lowest BCUT2D eigenvalue weighted by atomic mass is 10.2. The number of nitrogens with one attached hydrogen (secondary N) is 1. The number of carbonyl (C=O) groups is 1. The molecule has 31 heavy (non-hydrogen) atoms. The summed E-state index contributed by atoms with van der Waals surface area (Å²) in [6.45, 7) is 1.77. The molecule has 3 aromatic carbocycles. The fraction of sp³-hybridized carbons (Fsp3) is 0.0870. The average molecular weight is 436 g/mol. The highest BCUT2D eigenvalue weighted by molar-refractivity contribution is 7.99. The van der Waals surface area contributed by atoms with Crippen LogP contribution in [0.5, 0.6) is 0 Å². The van der Waals surface area contributed by atoms with Crippen molar-refractivity contribution in [2.45, 2.75) is 12.1 Å². The molecule has 0 saturated carbocycles. The molecular weight excluding hydrogens is 418 g/mol. The number of carbonyl (C=O) groups excluding carboxylic acids is 1. The van der Waals surface area contributed by atoms with Gasteiger partial charge in [0.25, 0.3) is 0 Å². The molecule has 0 fully saturated rings. The molecule has 0 spiro atoms. The van der Waals surface area contributed by atoms with Gasteiger partial charge in [0, 0.05) is 5.69 Å². The average Bonchev–Trinajstić information content (AvgIpc) is 3.19. The van der Waals surface area contributed by atoms with E-state index in [0.717, 1.165) is 23.0 Å². The van der Waals surface area contributed by atoms with Gasteiger partial charge in [0.15, 0.2) is 11.0 Å². The highest BCUT2D eigenvalue weighted by Crippen LogP contribution is 2.29. The van der Waals surface area contributed by atoms with E-state index in [-0.39, 0.29) is 17.3 Å². The molecular formula is C23H18F2N4OS. The maximum absolute atomic E-state index is 14.4. The zero-order valence-corrected chi connectivity index (χ0v) is 17.4. The van der Waals surface area contributed by atoms with Gasteiger partial charge in [-0.1, -0.05) is 48.2 Å². The van der Waals surface area contributed by atoms with Crippen molar-refractivity contribution < 1.29 is 13.6 Å². The van der Waals surface area contributed by atoms with Gasteiger partial charge in [-0.2, -0.15) is 0 Å². The Morgan fingerprint density at radius 3 is 2.45 bits per heavy atom. The van der Waals surface area contributed by atoms with E-state index in [1.54, 1.807) is 35.8 Å². The Bertz CT molecular complexity index is 1230. The minimum Gasteiger partial charge on any atom is -0.323 e. The van der Waals surface area contributed by atoms with Crippen molar-refractivity contribution in [2.24, 2.45) is 0 Å². The first-order chi connectivity index (χ1) is 15.0. The number of rotatable bonds is 6.